The van der Waals surface area contributed by atoms with Gasteiger partial charge in [-0.15, -0.1) is 0 Å². The van der Waals surface area contributed by atoms with Gasteiger partial charge >= 0.3 is 17.9 Å². The normalized spacial score (nSPS) is 12.8. The second-order valence-corrected chi connectivity index (χ2v) is 4.87. The summed E-state index contributed by atoms with van der Waals surface area (Å²) in [5.41, 5.74) is -2.61. The maximum Gasteiger partial charge on any atom is 0.336 e. The minimum absolute atomic E-state index is 0.0294. The van der Waals surface area contributed by atoms with Crippen LogP contribution in [-0.4, -0.2) is 61.9 Å². The van der Waals surface area contributed by atoms with Crippen LogP contribution in [0.3, 0.4) is 0 Å². The van der Waals surface area contributed by atoms with Crippen LogP contribution in [-0.2, 0) is 19.1 Å². The molecule has 0 amide bonds. The number of aliphatic carboxylic acids is 2. The van der Waals surface area contributed by atoms with Gasteiger partial charge in [0.15, 0.2) is 11.9 Å². The Bertz CT molecular complexity index is 367. The molecule has 0 bridgehead atoms. The number of hydrogen-bond donors (Lipinski definition) is 5. The van der Waals surface area contributed by atoms with Crippen LogP contribution in [0, 0.1) is 0 Å². The summed E-state index contributed by atoms with van der Waals surface area (Å²) in [6, 6.07) is 0. The van der Waals surface area contributed by atoms with Crippen molar-refractivity contribution in [2.24, 2.45) is 0 Å². The minimum atomic E-state index is -2.61. The van der Waals surface area contributed by atoms with Gasteiger partial charge < -0.3 is 30.3 Å². The van der Waals surface area contributed by atoms with E-state index in [-0.39, 0.29) is 6.61 Å². The number of carboxylic acids is 2. The van der Waals surface area contributed by atoms with Gasteiger partial charge in [-0.1, -0.05) is 19.8 Å². The van der Waals surface area contributed by atoms with Gasteiger partial charge in [-0.25, -0.2) is 4.79 Å². The van der Waals surface area contributed by atoms with Crippen molar-refractivity contribution in [2.75, 3.05) is 6.61 Å². The molecule has 1 atom stereocenters. The number of unbranched alkanes of at least 4 members (excludes halogenated alkanes) is 2. The summed E-state index contributed by atoms with van der Waals surface area (Å²) in [5, 5.41) is 43.0. The first-order valence-electron chi connectivity index (χ1n) is 7.28. The highest BCUT2D eigenvalue weighted by molar-refractivity contribution is 5.88. The molecule has 0 aromatic carbocycles. The van der Waals surface area contributed by atoms with Crippen molar-refractivity contribution < 1.29 is 44.7 Å². The van der Waals surface area contributed by atoms with Crippen molar-refractivity contribution in [3.05, 3.63) is 0 Å². The van der Waals surface area contributed by atoms with E-state index in [1.807, 2.05) is 0 Å². The van der Waals surface area contributed by atoms with Crippen LogP contribution < -0.4 is 0 Å². The zero-order chi connectivity index (χ0) is 18.5. The number of ether oxygens (including phenoxy) is 1. The number of aliphatic hydroxyl groups excluding tert-OH is 1. The molecule has 5 N–H and O–H groups in total. The maximum absolute atomic E-state index is 10.9. The topological polar surface area (TPSA) is 162 Å². The SMILES string of the molecule is CCCCCC(O)O.CCOC(=O)CC(O)(CC(=O)O)C(=O)O. The Labute approximate surface area is 134 Å². The Hall–Kier alpha value is -1.71. The Morgan fingerprint density at radius 1 is 1.04 bits per heavy atom. The number of carboxylic acid groups (broad SMARTS) is 2. The third kappa shape index (κ3) is 13.7. The largest absolute Gasteiger partial charge is 0.481 e. The Morgan fingerprint density at radius 2 is 1.61 bits per heavy atom. The van der Waals surface area contributed by atoms with E-state index in [1.54, 1.807) is 0 Å². The molecule has 1 unspecified atom stereocenters. The van der Waals surface area contributed by atoms with Gasteiger partial charge in [0.05, 0.1) is 19.4 Å². The molecule has 0 aliphatic rings. The summed E-state index contributed by atoms with van der Waals surface area (Å²) >= 11 is 0. The molecule has 23 heavy (non-hydrogen) atoms. The zero-order valence-corrected chi connectivity index (χ0v) is 13.4. The quantitative estimate of drug-likeness (QED) is 0.211. The fourth-order valence-corrected chi connectivity index (χ4v) is 1.49. The lowest BCUT2D eigenvalue weighted by molar-refractivity contribution is -0.171. The van der Waals surface area contributed by atoms with Gasteiger partial charge in [0.2, 0.25) is 0 Å². The predicted octanol–water partition coefficient (Wildman–Crippen LogP) is 0.107. The molecule has 0 aliphatic carbocycles. The predicted molar refractivity (Wildman–Crippen MR) is 78.5 cm³/mol. The highest BCUT2D eigenvalue weighted by Crippen LogP contribution is 2.16. The van der Waals surface area contributed by atoms with Gasteiger partial charge in [0, 0.05) is 0 Å². The molecule has 9 nitrogen and oxygen atoms in total. The number of carbonyl (C=O) groups excluding carboxylic acids is 1. The van der Waals surface area contributed by atoms with E-state index >= 15 is 0 Å². The van der Waals surface area contributed by atoms with Crippen LogP contribution in [0.25, 0.3) is 0 Å². The second kappa shape index (κ2) is 12.8. The number of aliphatic hydroxyl groups is 3. The average molecular weight is 338 g/mol. The zero-order valence-electron chi connectivity index (χ0n) is 13.4. The Kier molecular flexibility index (Phi) is 13.1. The van der Waals surface area contributed by atoms with Crippen LogP contribution in [0.15, 0.2) is 0 Å². The number of carbonyl (C=O) groups is 3. The molecule has 0 heterocycles. The van der Waals surface area contributed by atoms with E-state index in [2.05, 4.69) is 11.7 Å². The fraction of sp³-hybridized carbons (Fsp3) is 0.786. The van der Waals surface area contributed by atoms with E-state index in [0.717, 1.165) is 19.3 Å². The molecular formula is C14H26O9. The lowest BCUT2D eigenvalue weighted by Crippen LogP contribution is -2.43. The molecule has 0 aromatic heterocycles. The lowest BCUT2D eigenvalue weighted by Gasteiger charge is -2.19. The van der Waals surface area contributed by atoms with Gasteiger partial charge in [0.25, 0.3) is 0 Å². The van der Waals surface area contributed by atoms with Crippen LogP contribution in [0.2, 0.25) is 0 Å². The Balaban J connectivity index is 0. The van der Waals surface area contributed by atoms with Crippen molar-refractivity contribution in [3.63, 3.8) is 0 Å². The first-order valence-corrected chi connectivity index (χ1v) is 7.28. The standard InChI is InChI=1S/C8H12O7.C6H14O2/c1-2-15-6(11)4-8(14,7(12)13)3-5(9)10;1-2-3-4-5-6(7)8/h14H,2-4H2,1H3,(H,9,10)(H,12,13);6-8H,2-5H2,1H3. The van der Waals surface area contributed by atoms with Crippen LogP contribution >= 0.6 is 0 Å². The van der Waals surface area contributed by atoms with E-state index in [9.17, 15) is 19.5 Å². The minimum Gasteiger partial charge on any atom is -0.481 e. The molecule has 0 aromatic rings. The molecule has 0 saturated carbocycles. The second-order valence-electron chi connectivity index (χ2n) is 4.87. The average Bonchev–Trinajstić information content (AvgIpc) is 2.38. The van der Waals surface area contributed by atoms with E-state index in [4.69, 9.17) is 20.4 Å². The number of hydrogen-bond acceptors (Lipinski definition) is 7. The van der Waals surface area contributed by atoms with Crippen molar-refractivity contribution in [2.45, 2.75) is 64.3 Å². The third-order valence-electron chi connectivity index (χ3n) is 2.65. The first-order chi connectivity index (χ1) is 10.6. The molecule has 0 spiro atoms. The smallest absolute Gasteiger partial charge is 0.336 e. The van der Waals surface area contributed by atoms with Crippen molar-refractivity contribution in [3.8, 4) is 0 Å². The third-order valence-corrected chi connectivity index (χ3v) is 2.65. The van der Waals surface area contributed by atoms with Crippen LogP contribution in [0.1, 0.15) is 52.4 Å². The van der Waals surface area contributed by atoms with Crippen LogP contribution in [0.5, 0.6) is 0 Å². The molecule has 0 radical (unpaired) electrons. The summed E-state index contributed by atoms with van der Waals surface area (Å²) in [6.45, 7) is 3.63. The summed E-state index contributed by atoms with van der Waals surface area (Å²) in [6.07, 6.45) is 0.636. The molecular weight excluding hydrogens is 312 g/mol. The molecule has 0 aliphatic heterocycles. The monoisotopic (exact) mass is 338 g/mol. The molecule has 0 saturated heterocycles. The molecule has 136 valence electrons. The molecule has 9 heteroatoms. The van der Waals surface area contributed by atoms with E-state index in [0.29, 0.717) is 6.42 Å². The number of esters is 1. The number of rotatable bonds is 10. The first kappa shape index (κ1) is 23.6. The summed E-state index contributed by atoms with van der Waals surface area (Å²) in [5.74, 6) is -4.23. The Morgan fingerprint density at radius 3 is 1.96 bits per heavy atom. The van der Waals surface area contributed by atoms with E-state index < -0.39 is 42.6 Å². The highest BCUT2D eigenvalue weighted by atomic mass is 16.5. The summed E-state index contributed by atoms with van der Waals surface area (Å²) in [7, 11) is 0. The van der Waals surface area contributed by atoms with Crippen LogP contribution in [0.4, 0.5) is 0 Å². The lowest BCUT2D eigenvalue weighted by atomic mass is 9.96. The summed E-state index contributed by atoms with van der Waals surface area (Å²) < 4.78 is 4.41. The van der Waals surface area contributed by atoms with Gasteiger partial charge in [-0.2, -0.15) is 0 Å². The summed E-state index contributed by atoms with van der Waals surface area (Å²) in [4.78, 5) is 31.8. The van der Waals surface area contributed by atoms with Crippen molar-refractivity contribution >= 4 is 17.9 Å². The molecule has 0 rings (SSSR count). The highest BCUT2D eigenvalue weighted by Gasteiger charge is 2.41. The molecule has 0 fully saturated rings. The van der Waals surface area contributed by atoms with E-state index in [1.165, 1.54) is 6.92 Å². The van der Waals surface area contributed by atoms with Gasteiger partial charge in [-0.05, 0) is 19.8 Å². The fourth-order valence-electron chi connectivity index (χ4n) is 1.49. The maximum atomic E-state index is 10.9. The van der Waals surface area contributed by atoms with Crippen molar-refractivity contribution in [1.29, 1.82) is 0 Å². The van der Waals surface area contributed by atoms with Gasteiger partial charge in [0.1, 0.15) is 0 Å². The van der Waals surface area contributed by atoms with Gasteiger partial charge in [-0.3, -0.25) is 9.59 Å². The van der Waals surface area contributed by atoms with Crippen molar-refractivity contribution in [1.82, 2.24) is 0 Å².